The highest BCUT2D eigenvalue weighted by molar-refractivity contribution is 5.83. The van der Waals surface area contributed by atoms with Gasteiger partial charge < -0.3 is 20.1 Å². The highest BCUT2D eigenvalue weighted by atomic mass is 16.5. The van der Waals surface area contributed by atoms with Crippen LogP contribution in [0.2, 0.25) is 0 Å². The van der Waals surface area contributed by atoms with E-state index in [0.717, 1.165) is 25.9 Å². The molecule has 0 bridgehead atoms. The lowest BCUT2D eigenvalue weighted by Crippen LogP contribution is -2.49. The molecular formula is C14H28N2O4. The van der Waals surface area contributed by atoms with Crippen LogP contribution in [0.25, 0.3) is 0 Å². The Labute approximate surface area is 121 Å². The van der Waals surface area contributed by atoms with Crippen molar-refractivity contribution < 1.29 is 19.1 Å². The van der Waals surface area contributed by atoms with Gasteiger partial charge in [0.25, 0.3) is 0 Å². The zero-order valence-electron chi connectivity index (χ0n) is 13.0. The molecule has 0 aromatic heterocycles. The minimum Gasteiger partial charge on any atom is -0.467 e. The van der Waals surface area contributed by atoms with E-state index in [1.807, 2.05) is 13.8 Å². The highest BCUT2D eigenvalue weighted by Gasteiger charge is 2.24. The third-order valence-corrected chi connectivity index (χ3v) is 2.80. The molecule has 0 saturated carbocycles. The van der Waals surface area contributed by atoms with Crippen molar-refractivity contribution in [2.75, 3.05) is 26.9 Å². The Morgan fingerprint density at radius 1 is 1.15 bits per heavy atom. The van der Waals surface area contributed by atoms with Gasteiger partial charge in [-0.15, -0.1) is 0 Å². The lowest BCUT2D eigenvalue weighted by atomic mass is 10.1. The van der Waals surface area contributed by atoms with Crippen LogP contribution in [0.4, 0.5) is 4.79 Å². The summed E-state index contributed by atoms with van der Waals surface area (Å²) in [7, 11) is 1.31. The first-order valence-corrected chi connectivity index (χ1v) is 7.22. The number of ether oxygens (including phenoxy) is 2. The Morgan fingerprint density at radius 3 is 2.35 bits per heavy atom. The quantitative estimate of drug-likeness (QED) is 0.474. The second kappa shape index (κ2) is 11.5. The second-order valence-electron chi connectivity index (χ2n) is 4.96. The van der Waals surface area contributed by atoms with Gasteiger partial charge in [0, 0.05) is 19.8 Å². The highest BCUT2D eigenvalue weighted by Crippen LogP contribution is 2.03. The normalized spacial score (nSPS) is 12.1. The van der Waals surface area contributed by atoms with Gasteiger partial charge in [0.05, 0.1) is 7.11 Å². The molecule has 0 saturated heterocycles. The van der Waals surface area contributed by atoms with Crippen molar-refractivity contribution >= 4 is 12.0 Å². The maximum absolute atomic E-state index is 11.6. The van der Waals surface area contributed by atoms with Gasteiger partial charge in [-0.05, 0) is 18.8 Å². The molecule has 2 amide bonds. The topological polar surface area (TPSA) is 76.7 Å². The fourth-order valence-electron chi connectivity index (χ4n) is 1.54. The summed E-state index contributed by atoms with van der Waals surface area (Å²) in [5, 5.41) is 5.31. The molecule has 20 heavy (non-hydrogen) atoms. The fourth-order valence-corrected chi connectivity index (χ4v) is 1.54. The van der Waals surface area contributed by atoms with Crippen LogP contribution >= 0.6 is 0 Å². The molecule has 118 valence electrons. The second-order valence-corrected chi connectivity index (χ2v) is 4.96. The van der Waals surface area contributed by atoms with E-state index in [1.54, 1.807) is 0 Å². The first-order chi connectivity index (χ1) is 9.52. The molecule has 0 aromatic carbocycles. The smallest absolute Gasteiger partial charge is 0.328 e. The summed E-state index contributed by atoms with van der Waals surface area (Å²) in [6.45, 7) is 7.73. The van der Waals surface area contributed by atoms with E-state index >= 15 is 0 Å². The predicted octanol–water partition coefficient (Wildman–Crippen LogP) is 1.69. The first-order valence-electron chi connectivity index (χ1n) is 7.22. The Hall–Kier alpha value is -1.30. The number of methoxy groups -OCH3 is 1. The summed E-state index contributed by atoms with van der Waals surface area (Å²) in [6.07, 6.45) is 2.93. The number of amides is 2. The Morgan fingerprint density at radius 2 is 1.80 bits per heavy atom. The van der Waals surface area contributed by atoms with E-state index in [-0.39, 0.29) is 11.9 Å². The van der Waals surface area contributed by atoms with Crippen LogP contribution in [-0.4, -0.2) is 44.9 Å². The molecule has 0 fully saturated rings. The average molecular weight is 288 g/mol. The van der Waals surface area contributed by atoms with Crippen molar-refractivity contribution in [3.63, 3.8) is 0 Å². The minimum atomic E-state index is -0.624. The zero-order valence-corrected chi connectivity index (χ0v) is 13.0. The lowest BCUT2D eigenvalue weighted by molar-refractivity contribution is -0.143. The number of urea groups is 1. The number of esters is 1. The van der Waals surface area contributed by atoms with Crippen LogP contribution in [0.5, 0.6) is 0 Å². The standard InChI is InChI=1S/C14H28N2O4/c1-5-6-9-20-10-7-8-15-14(18)16-12(11(2)3)13(17)19-4/h11-12H,5-10H2,1-4H3,(H2,15,16,18)/t12-/m0/s1. The lowest BCUT2D eigenvalue weighted by Gasteiger charge is -2.20. The number of hydrogen-bond donors (Lipinski definition) is 2. The molecule has 0 spiro atoms. The monoisotopic (exact) mass is 288 g/mol. The Kier molecular flexibility index (Phi) is 10.8. The number of unbranched alkanes of at least 4 members (excludes halogenated alkanes) is 1. The molecule has 0 rings (SSSR count). The average Bonchev–Trinajstić information content (AvgIpc) is 2.42. The summed E-state index contributed by atoms with van der Waals surface area (Å²) in [6, 6.07) is -0.983. The van der Waals surface area contributed by atoms with Crippen LogP contribution in [0, 0.1) is 5.92 Å². The SMILES string of the molecule is CCCCOCCCNC(=O)N[C@H](C(=O)OC)C(C)C. The summed E-state index contributed by atoms with van der Waals surface area (Å²) in [5.74, 6) is -0.455. The van der Waals surface area contributed by atoms with Gasteiger partial charge in [0.2, 0.25) is 0 Å². The maximum Gasteiger partial charge on any atom is 0.328 e. The summed E-state index contributed by atoms with van der Waals surface area (Å²) >= 11 is 0. The molecular weight excluding hydrogens is 260 g/mol. The molecule has 0 unspecified atom stereocenters. The van der Waals surface area contributed by atoms with Gasteiger partial charge in [0.15, 0.2) is 0 Å². The molecule has 0 aliphatic rings. The number of rotatable bonds is 10. The van der Waals surface area contributed by atoms with Gasteiger partial charge in [-0.25, -0.2) is 9.59 Å². The van der Waals surface area contributed by atoms with E-state index in [0.29, 0.717) is 13.2 Å². The van der Waals surface area contributed by atoms with Crippen LogP contribution < -0.4 is 10.6 Å². The van der Waals surface area contributed by atoms with Crippen molar-refractivity contribution in [2.24, 2.45) is 5.92 Å². The fraction of sp³-hybridized carbons (Fsp3) is 0.857. The summed E-state index contributed by atoms with van der Waals surface area (Å²) < 4.78 is 10.0. The largest absolute Gasteiger partial charge is 0.467 e. The number of carbonyl (C=O) groups excluding carboxylic acids is 2. The molecule has 6 nitrogen and oxygen atoms in total. The molecule has 0 radical (unpaired) electrons. The van der Waals surface area contributed by atoms with Crippen molar-refractivity contribution in [1.29, 1.82) is 0 Å². The molecule has 2 N–H and O–H groups in total. The molecule has 0 aromatic rings. The van der Waals surface area contributed by atoms with Crippen molar-refractivity contribution in [1.82, 2.24) is 10.6 Å². The predicted molar refractivity (Wildman–Crippen MR) is 77.5 cm³/mol. The molecule has 0 aliphatic heterocycles. The number of hydrogen-bond acceptors (Lipinski definition) is 4. The summed E-state index contributed by atoms with van der Waals surface area (Å²) in [5.41, 5.74) is 0. The zero-order chi connectivity index (χ0) is 15.4. The molecule has 6 heteroatoms. The number of nitrogens with one attached hydrogen (secondary N) is 2. The van der Waals surface area contributed by atoms with Crippen molar-refractivity contribution in [3.05, 3.63) is 0 Å². The minimum absolute atomic E-state index is 0.0226. The van der Waals surface area contributed by atoms with E-state index in [4.69, 9.17) is 4.74 Å². The van der Waals surface area contributed by atoms with E-state index in [2.05, 4.69) is 22.3 Å². The van der Waals surface area contributed by atoms with E-state index in [9.17, 15) is 9.59 Å². The van der Waals surface area contributed by atoms with Crippen LogP contribution in [0.1, 0.15) is 40.0 Å². The number of carbonyl (C=O) groups is 2. The maximum atomic E-state index is 11.6. The Bertz CT molecular complexity index is 282. The van der Waals surface area contributed by atoms with E-state index < -0.39 is 12.0 Å². The first kappa shape index (κ1) is 18.7. The third-order valence-electron chi connectivity index (χ3n) is 2.80. The molecule has 0 heterocycles. The van der Waals surface area contributed by atoms with E-state index in [1.165, 1.54) is 7.11 Å². The Balaban J connectivity index is 3.78. The van der Waals surface area contributed by atoms with Crippen molar-refractivity contribution in [3.8, 4) is 0 Å². The van der Waals surface area contributed by atoms with Gasteiger partial charge in [-0.1, -0.05) is 27.2 Å². The van der Waals surface area contributed by atoms with Gasteiger partial charge >= 0.3 is 12.0 Å². The van der Waals surface area contributed by atoms with Gasteiger partial charge in [-0.2, -0.15) is 0 Å². The van der Waals surface area contributed by atoms with Gasteiger partial charge in [0.1, 0.15) is 6.04 Å². The third kappa shape index (κ3) is 8.74. The molecule has 1 atom stereocenters. The van der Waals surface area contributed by atoms with Gasteiger partial charge in [-0.3, -0.25) is 0 Å². The van der Waals surface area contributed by atoms with Crippen LogP contribution in [-0.2, 0) is 14.3 Å². The van der Waals surface area contributed by atoms with Crippen LogP contribution in [0.15, 0.2) is 0 Å². The van der Waals surface area contributed by atoms with Crippen molar-refractivity contribution in [2.45, 2.75) is 46.1 Å². The molecule has 0 aliphatic carbocycles. The van der Waals surface area contributed by atoms with Crippen LogP contribution in [0.3, 0.4) is 0 Å². The summed E-state index contributed by atoms with van der Waals surface area (Å²) in [4.78, 5) is 23.1.